The lowest BCUT2D eigenvalue weighted by Gasteiger charge is -2.23. The molecular formula is C12H15N3O4. The van der Waals surface area contributed by atoms with Gasteiger partial charge in [-0.15, -0.1) is 0 Å². The van der Waals surface area contributed by atoms with Crippen LogP contribution in [0.25, 0.3) is 0 Å². The Labute approximate surface area is 110 Å². The van der Waals surface area contributed by atoms with Crippen LogP contribution in [0.3, 0.4) is 0 Å². The molecule has 1 fully saturated rings. The smallest absolute Gasteiger partial charge is 0.337 e. The second kappa shape index (κ2) is 6.26. The molecule has 1 unspecified atom stereocenters. The molecule has 1 saturated heterocycles. The molecule has 2 rings (SSSR count). The Morgan fingerprint density at radius 2 is 2.37 bits per heavy atom. The molecule has 1 atom stereocenters. The van der Waals surface area contributed by atoms with Gasteiger partial charge in [0.1, 0.15) is 0 Å². The molecule has 0 spiro atoms. The molecule has 102 valence electrons. The highest BCUT2D eigenvalue weighted by Gasteiger charge is 2.17. The maximum Gasteiger partial charge on any atom is 0.337 e. The molecule has 0 saturated carbocycles. The van der Waals surface area contributed by atoms with Crippen LogP contribution in [-0.4, -0.2) is 47.8 Å². The molecule has 7 nitrogen and oxygen atoms in total. The highest BCUT2D eigenvalue weighted by atomic mass is 16.5. The lowest BCUT2D eigenvalue weighted by atomic mass is 10.2. The second-order valence-corrected chi connectivity index (χ2v) is 4.25. The number of rotatable bonds is 4. The first kappa shape index (κ1) is 13.4. The van der Waals surface area contributed by atoms with Crippen molar-refractivity contribution >= 4 is 17.6 Å². The van der Waals surface area contributed by atoms with Crippen molar-refractivity contribution in [1.82, 2.24) is 10.3 Å². The van der Waals surface area contributed by atoms with Gasteiger partial charge in [-0.1, -0.05) is 0 Å². The van der Waals surface area contributed by atoms with Crippen molar-refractivity contribution in [1.29, 1.82) is 0 Å². The number of aromatic nitrogens is 1. The average molecular weight is 265 g/mol. The van der Waals surface area contributed by atoms with Gasteiger partial charge in [0.05, 0.1) is 30.7 Å². The predicted octanol–water partition coefficient (Wildman–Crippen LogP) is 0.0968. The van der Waals surface area contributed by atoms with E-state index in [1.165, 1.54) is 18.5 Å². The van der Waals surface area contributed by atoms with Crippen molar-refractivity contribution in [2.24, 2.45) is 0 Å². The standard InChI is InChI=1S/C12H15N3O4/c16-11(4-10-7-19-2-1-14-10)15-9-3-8(12(17)18)5-13-6-9/h3,5-6,10,14H,1-2,4,7H2,(H,15,16)(H,17,18). The van der Waals surface area contributed by atoms with Crippen molar-refractivity contribution in [2.75, 3.05) is 25.1 Å². The summed E-state index contributed by atoms with van der Waals surface area (Å²) < 4.78 is 5.25. The normalized spacial score (nSPS) is 18.8. The van der Waals surface area contributed by atoms with Gasteiger partial charge < -0.3 is 20.5 Å². The molecule has 0 aromatic carbocycles. The molecule has 1 aromatic rings. The first-order chi connectivity index (χ1) is 9.15. The van der Waals surface area contributed by atoms with E-state index in [2.05, 4.69) is 15.6 Å². The summed E-state index contributed by atoms with van der Waals surface area (Å²) in [5.41, 5.74) is 0.415. The van der Waals surface area contributed by atoms with Crippen molar-refractivity contribution in [2.45, 2.75) is 12.5 Å². The number of nitrogens with one attached hydrogen (secondary N) is 2. The number of pyridine rings is 1. The van der Waals surface area contributed by atoms with Crippen LogP contribution < -0.4 is 10.6 Å². The van der Waals surface area contributed by atoms with Gasteiger partial charge in [0, 0.05) is 25.2 Å². The van der Waals surface area contributed by atoms with Gasteiger partial charge in [0.2, 0.25) is 5.91 Å². The van der Waals surface area contributed by atoms with E-state index in [9.17, 15) is 9.59 Å². The first-order valence-corrected chi connectivity index (χ1v) is 5.94. The van der Waals surface area contributed by atoms with Gasteiger partial charge in [0.15, 0.2) is 0 Å². The summed E-state index contributed by atoms with van der Waals surface area (Å²) in [5, 5.41) is 14.6. The van der Waals surface area contributed by atoms with Crippen LogP contribution >= 0.6 is 0 Å². The number of ether oxygens (including phenoxy) is 1. The van der Waals surface area contributed by atoms with Crippen LogP contribution in [0.2, 0.25) is 0 Å². The average Bonchev–Trinajstić information content (AvgIpc) is 2.40. The van der Waals surface area contributed by atoms with E-state index >= 15 is 0 Å². The molecule has 19 heavy (non-hydrogen) atoms. The Morgan fingerprint density at radius 3 is 3.05 bits per heavy atom. The van der Waals surface area contributed by atoms with E-state index in [0.717, 1.165) is 6.54 Å². The quantitative estimate of drug-likeness (QED) is 0.713. The van der Waals surface area contributed by atoms with Gasteiger partial charge in [-0.25, -0.2) is 4.79 Å². The number of nitrogens with zero attached hydrogens (tertiary/aromatic N) is 1. The zero-order chi connectivity index (χ0) is 13.7. The van der Waals surface area contributed by atoms with E-state index in [4.69, 9.17) is 9.84 Å². The molecule has 2 heterocycles. The first-order valence-electron chi connectivity index (χ1n) is 5.94. The summed E-state index contributed by atoms with van der Waals surface area (Å²) in [6.45, 7) is 1.89. The van der Waals surface area contributed by atoms with Gasteiger partial charge in [0.25, 0.3) is 0 Å². The third-order valence-corrected chi connectivity index (χ3v) is 2.70. The Hall–Kier alpha value is -1.99. The number of anilines is 1. The largest absolute Gasteiger partial charge is 0.478 e. The molecular weight excluding hydrogens is 250 g/mol. The number of carbonyl (C=O) groups is 2. The summed E-state index contributed by atoms with van der Waals surface area (Å²) in [6, 6.07) is 1.36. The third-order valence-electron chi connectivity index (χ3n) is 2.70. The Balaban J connectivity index is 1.90. The minimum atomic E-state index is -1.08. The van der Waals surface area contributed by atoms with Gasteiger partial charge in [-0.2, -0.15) is 0 Å². The summed E-state index contributed by atoms with van der Waals surface area (Å²) in [4.78, 5) is 26.3. The molecule has 1 aliphatic rings. The third kappa shape index (κ3) is 4.01. The number of hydrogen-bond donors (Lipinski definition) is 3. The Bertz CT molecular complexity index is 472. The zero-order valence-electron chi connectivity index (χ0n) is 10.3. The lowest BCUT2D eigenvalue weighted by Crippen LogP contribution is -2.43. The number of carboxylic acid groups (broad SMARTS) is 1. The van der Waals surface area contributed by atoms with Crippen molar-refractivity contribution < 1.29 is 19.4 Å². The molecule has 7 heteroatoms. The maximum atomic E-state index is 11.8. The highest BCUT2D eigenvalue weighted by molar-refractivity contribution is 5.93. The van der Waals surface area contributed by atoms with E-state index in [0.29, 0.717) is 18.9 Å². The minimum absolute atomic E-state index is 0.00985. The van der Waals surface area contributed by atoms with Gasteiger partial charge >= 0.3 is 5.97 Å². The molecule has 0 aliphatic carbocycles. The van der Waals surface area contributed by atoms with Crippen molar-refractivity contribution in [3.8, 4) is 0 Å². The lowest BCUT2D eigenvalue weighted by molar-refractivity contribution is -0.117. The summed E-state index contributed by atoms with van der Waals surface area (Å²) in [6.07, 6.45) is 2.92. The number of morpholine rings is 1. The van der Waals surface area contributed by atoms with Crippen LogP contribution in [0.4, 0.5) is 5.69 Å². The number of aromatic carboxylic acids is 1. The van der Waals surface area contributed by atoms with E-state index in [-0.39, 0.29) is 23.9 Å². The van der Waals surface area contributed by atoms with Crippen molar-refractivity contribution in [3.63, 3.8) is 0 Å². The van der Waals surface area contributed by atoms with Gasteiger partial charge in [-0.05, 0) is 6.07 Å². The molecule has 0 bridgehead atoms. The zero-order valence-corrected chi connectivity index (χ0v) is 10.3. The molecule has 1 aromatic heterocycles. The number of carbonyl (C=O) groups excluding carboxylic acids is 1. The molecule has 1 amide bonds. The summed E-state index contributed by atoms with van der Waals surface area (Å²) >= 11 is 0. The summed E-state index contributed by atoms with van der Waals surface area (Å²) in [7, 11) is 0. The van der Waals surface area contributed by atoms with E-state index in [1.54, 1.807) is 0 Å². The van der Waals surface area contributed by atoms with Crippen LogP contribution in [0.1, 0.15) is 16.8 Å². The second-order valence-electron chi connectivity index (χ2n) is 4.25. The minimum Gasteiger partial charge on any atom is -0.478 e. The van der Waals surface area contributed by atoms with Gasteiger partial charge in [-0.3, -0.25) is 9.78 Å². The fourth-order valence-electron chi connectivity index (χ4n) is 1.81. The molecule has 1 aliphatic heterocycles. The van der Waals surface area contributed by atoms with E-state index in [1.807, 2.05) is 0 Å². The fraction of sp³-hybridized carbons (Fsp3) is 0.417. The van der Waals surface area contributed by atoms with E-state index < -0.39 is 5.97 Å². The van der Waals surface area contributed by atoms with Crippen LogP contribution in [0, 0.1) is 0 Å². The maximum absolute atomic E-state index is 11.8. The molecule has 0 radical (unpaired) electrons. The predicted molar refractivity (Wildman–Crippen MR) is 67.1 cm³/mol. The van der Waals surface area contributed by atoms with Crippen molar-refractivity contribution in [3.05, 3.63) is 24.0 Å². The monoisotopic (exact) mass is 265 g/mol. The summed E-state index contributed by atoms with van der Waals surface area (Å²) in [5.74, 6) is -1.28. The fourth-order valence-corrected chi connectivity index (χ4v) is 1.81. The number of amides is 1. The van der Waals surface area contributed by atoms with Crippen LogP contribution in [0.5, 0.6) is 0 Å². The molecule has 3 N–H and O–H groups in total. The number of carboxylic acids is 1. The topological polar surface area (TPSA) is 101 Å². The van der Waals surface area contributed by atoms with Crippen LogP contribution in [0.15, 0.2) is 18.5 Å². The highest BCUT2D eigenvalue weighted by Crippen LogP contribution is 2.09. The Kier molecular flexibility index (Phi) is 4.43. The van der Waals surface area contributed by atoms with Crippen LogP contribution in [-0.2, 0) is 9.53 Å². The Morgan fingerprint density at radius 1 is 1.53 bits per heavy atom. The SMILES string of the molecule is O=C(CC1COCCN1)Nc1cncc(C(=O)O)c1. The number of hydrogen-bond acceptors (Lipinski definition) is 5.